The lowest BCUT2D eigenvalue weighted by Crippen LogP contribution is -2.21. The first-order valence-corrected chi connectivity index (χ1v) is 6.76. The molecule has 0 saturated carbocycles. The Bertz CT molecular complexity index is 563. The molecule has 18 heavy (non-hydrogen) atoms. The normalized spacial score (nSPS) is 18.0. The number of benzene rings is 2. The molecule has 3 heteroatoms. The molecule has 0 amide bonds. The Morgan fingerprint density at radius 1 is 0.944 bits per heavy atom. The molecule has 2 aromatic rings. The number of rotatable bonds is 1. The van der Waals surface area contributed by atoms with Gasteiger partial charge in [0.25, 0.3) is 0 Å². The lowest BCUT2D eigenvalue weighted by Gasteiger charge is -2.26. The number of hydrogen-bond donors (Lipinski definition) is 1. The molecule has 0 aliphatic carbocycles. The van der Waals surface area contributed by atoms with Gasteiger partial charge in [0.1, 0.15) is 0 Å². The van der Waals surface area contributed by atoms with Gasteiger partial charge < -0.3 is 5.32 Å². The highest BCUT2D eigenvalue weighted by Gasteiger charge is 2.19. The largest absolute Gasteiger partial charge is 0.384 e. The highest BCUT2D eigenvalue weighted by atomic mass is 35.5. The highest BCUT2D eigenvalue weighted by Crippen LogP contribution is 2.32. The summed E-state index contributed by atoms with van der Waals surface area (Å²) in [5.41, 5.74) is 3.80. The Kier molecular flexibility index (Phi) is 3.19. The average Bonchev–Trinajstić information content (AvgIpc) is 2.38. The standard InChI is InChI=1S/C15H13Cl2N/c16-13-3-1-10(2-4-13)12-7-11-8-14(17)5-6-15(11)18-9-12/h1-6,8,12,18H,7,9H2. The van der Waals surface area contributed by atoms with Crippen LogP contribution < -0.4 is 5.32 Å². The summed E-state index contributed by atoms with van der Waals surface area (Å²) < 4.78 is 0. The maximum Gasteiger partial charge on any atom is 0.0410 e. The van der Waals surface area contributed by atoms with Crippen molar-refractivity contribution in [1.29, 1.82) is 0 Å². The third-order valence-corrected chi connectivity index (χ3v) is 3.90. The molecule has 0 spiro atoms. The number of nitrogens with one attached hydrogen (secondary N) is 1. The summed E-state index contributed by atoms with van der Waals surface area (Å²) in [6, 6.07) is 14.1. The minimum Gasteiger partial charge on any atom is -0.384 e. The fourth-order valence-corrected chi connectivity index (χ4v) is 2.77. The first-order valence-electron chi connectivity index (χ1n) is 6.00. The Balaban J connectivity index is 1.88. The van der Waals surface area contributed by atoms with Crippen molar-refractivity contribution < 1.29 is 0 Å². The molecule has 0 bridgehead atoms. The van der Waals surface area contributed by atoms with Crippen LogP contribution in [0.1, 0.15) is 17.0 Å². The average molecular weight is 278 g/mol. The summed E-state index contributed by atoms with van der Waals surface area (Å²) in [5, 5.41) is 5.04. The smallest absolute Gasteiger partial charge is 0.0410 e. The van der Waals surface area contributed by atoms with E-state index >= 15 is 0 Å². The van der Waals surface area contributed by atoms with Crippen LogP contribution in [-0.4, -0.2) is 6.54 Å². The number of halogens is 2. The van der Waals surface area contributed by atoms with Crippen molar-refractivity contribution in [1.82, 2.24) is 0 Å². The highest BCUT2D eigenvalue weighted by molar-refractivity contribution is 6.31. The van der Waals surface area contributed by atoms with Gasteiger partial charge in [0.15, 0.2) is 0 Å². The predicted octanol–water partition coefficient (Wildman–Crippen LogP) is 4.75. The van der Waals surface area contributed by atoms with Gasteiger partial charge in [-0.2, -0.15) is 0 Å². The number of anilines is 1. The van der Waals surface area contributed by atoms with Crippen LogP contribution in [0.15, 0.2) is 42.5 Å². The molecule has 0 radical (unpaired) electrons. The van der Waals surface area contributed by atoms with E-state index in [1.807, 2.05) is 24.3 Å². The molecular weight excluding hydrogens is 265 g/mol. The van der Waals surface area contributed by atoms with Crippen molar-refractivity contribution in [3.05, 3.63) is 63.6 Å². The molecule has 1 heterocycles. The molecule has 1 atom stereocenters. The molecule has 1 aliphatic rings. The Morgan fingerprint density at radius 2 is 1.67 bits per heavy atom. The van der Waals surface area contributed by atoms with Gasteiger partial charge in [-0.05, 0) is 47.9 Å². The molecule has 1 unspecified atom stereocenters. The first-order chi connectivity index (χ1) is 8.72. The fourth-order valence-electron chi connectivity index (χ4n) is 2.45. The third kappa shape index (κ3) is 2.33. The zero-order valence-electron chi connectivity index (χ0n) is 9.79. The molecule has 3 rings (SSSR count). The van der Waals surface area contributed by atoms with E-state index in [4.69, 9.17) is 23.2 Å². The van der Waals surface area contributed by atoms with E-state index in [1.165, 1.54) is 16.8 Å². The van der Waals surface area contributed by atoms with Gasteiger partial charge in [-0.3, -0.25) is 0 Å². The second-order valence-corrected chi connectivity index (χ2v) is 5.51. The van der Waals surface area contributed by atoms with Crippen molar-refractivity contribution in [2.24, 2.45) is 0 Å². The zero-order valence-corrected chi connectivity index (χ0v) is 11.3. The Labute approximate surface area is 117 Å². The minimum absolute atomic E-state index is 0.480. The second kappa shape index (κ2) is 4.83. The maximum absolute atomic E-state index is 6.05. The van der Waals surface area contributed by atoms with Crippen LogP contribution in [0.2, 0.25) is 10.0 Å². The summed E-state index contributed by atoms with van der Waals surface area (Å²) in [4.78, 5) is 0. The quantitative estimate of drug-likeness (QED) is 0.794. The maximum atomic E-state index is 6.05. The van der Waals surface area contributed by atoms with E-state index in [0.29, 0.717) is 5.92 Å². The molecule has 1 nitrogen and oxygen atoms in total. The van der Waals surface area contributed by atoms with E-state index in [-0.39, 0.29) is 0 Å². The summed E-state index contributed by atoms with van der Waals surface area (Å²) in [6.45, 7) is 0.955. The Hall–Kier alpha value is -1.18. The summed E-state index contributed by atoms with van der Waals surface area (Å²) in [6.07, 6.45) is 1.02. The van der Waals surface area contributed by atoms with E-state index in [0.717, 1.165) is 23.0 Å². The van der Waals surface area contributed by atoms with Gasteiger partial charge in [-0.25, -0.2) is 0 Å². The van der Waals surface area contributed by atoms with E-state index in [9.17, 15) is 0 Å². The molecule has 1 aliphatic heterocycles. The molecule has 92 valence electrons. The molecule has 2 aromatic carbocycles. The SMILES string of the molecule is Clc1ccc(C2CNc3ccc(Cl)cc3C2)cc1. The summed E-state index contributed by atoms with van der Waals surface area (Å²) in [7, 11) is 0. The molecule has 0 aromatic heterocycles. The van der Waals surface area contributed by atoms with Crippen LogP contribution in [-0.2, 0) is 6.42 Å². The number of fused-ring (bicyclic) bond motifs is 1. The van der Waals surface area contributed by atoms with E-state index in [2.05, 4.69) is 23.5 Å². The van der Waals surface area contributed by atoms with E-state index in [1.54, 1.807) is 0 Å². The minimum atomic E-state index is 0.480. The van der Waals surface area contributed by atoms with Crippen molar-refractivity contribution in [2.45, 2.75) is 12.3 Å². The van der Waals surface area contributed by atoms with Crippen LogP contribution in [0.5, 0.6) is 0 Å². The van der Waals surface area contributed by atoms with Crippen molar-refractivity contribution in [3.8, 4) is 0 Å². The zero-order chi connectivity index (χ0) is 12.5. The predicted molar refractivity (Wildman–Crippen MR) is 77.8 cm³/mol. The third-order valence-electron chi connectivity index (χ3n) is 3.41. The molecule has 1 N–H and O–H groups in total. The first kappa shape index (κ1) is 11.9. The van der Waals surface area contributed by atoms with Gasteiger partial charge in [-0.1, -0.05) is 35.3 Å². The summed E-state index contributed by atoms with van der Waals surface area (Å²) >= 11 is 12.0. The topological polar surface area (TPSA) is 12.0 Å². The second-order valence-electron chi connectivity index (χ2n) is 4.63. The molecule has 0 saturated heterocycles. The van der Waals surface area contributed by atoms with Crippen LogP contribution in [0, 0.1) is 0 Å². The van der Waals surface area contributed by atoms with Gasteiger partial charge in [0, 0.05) is 28.2 Å². The monoisotopic (exact) mass is 277 g/mol. The molecular formula is C15H13Cl2N. The van der Waals surface area contributed by atoms with Crippen LogP contribution in [0.25, 0.3) is 0 Å². The van der Waals surface area contributed by atoms with Crippen molar-refractivity contribution in [2.75, 3.05) is 11.9 Å². The number of hydrogen-bond acceptors (Lipinski definition) is 1. The molecule has 0 fully saturated rings. The summed E-state index contributed by atoms with van der Waals surface area (Å²) in [5.74, 6) is 0.480. The lowest BCUT2D eigenvalue weighted by molar-refractivity contribution is 0.695. The van der Waals surface area contributed by atoms with Crippen molar-refractivity contribution in [3.63, 3.8) is 0 Å². The van der Waals surface area contributed by atoms with Crippen LogP contribution >= 0.6 is 23.2 Å². The lowest BCUT2D eigenvalue weighted by atomic mass is 9.88. The van der Waals surface area contributed by atoms with Gasteiger partial charge in [-0.15, -0.1) is 0 Å². The van der Waals surface area contributed by atoms with Gasteiger partial charge >= 0.3 is 0 Å². The van der Waals surface area contributed by atoms with Gasteiger partial charge in [0.2, 0.25) is 0 Å². The van der Waals surface area contributed by atoms with Crippen LogP contribution in [0.4, 0.5) is 5.69 Å². The van der Waals surface area contributed by atoms with Crippen molar-refractivity contribution >= 4 is 28.9 Å². The Morgan fingerprint density at radius 3 is 2.44 bits per heavy atom. The fraction of sp³-hybridized carbons (Fsp3) is 0.200. The van der Waals surface area contributed by atoms with E-state index < -0.39 is 0 Å². The van der Waals surface area contributed by atoms with Gasteiger partial charge in [0.05, 0.1) is 0 Å². The van der Waals surface area contributed by atoms with Crippen LogP contribution in [0.3, 0.4) is 0 Å².